The molecule has 1 aliphatic carbocycles. The third-order valence-corrected chi connectivity index (χ3v) is 17.7. The first-order chi connectivity index (χ1) is 24.9. The molecule has 6 aromatic carbocycles. The normalized spacial score (nSPS) is 12.6. The first-order valence-electron chi connectivity index (χ1n) is 16.7. The molecule has 0 aliphatic heterocycles. The van der Waals surface area contributed by atoms with E-state index in [1.54, 1.807) is 0 Å². The molecular weight excluding hydrogens is 881 g/mol. The van der Waals surface area contributed by atoms with Crippen LogP contribution in [0, 0.1) is 35.9 Å². The molecule has 4 nitrogen and oxygen atoms in total. The summed E-state index contributed by atoms with van der Waals surface area (Å²) in [5.74, 6) is 0. The first-order valence-corrected chi connectivity index (χ1v) is 23.6. The van der Waals surface area contributed by atoms with Crippen LogP contribution in [0.25, 0.3) is 0 Å². The van der Waals surface area contributed by atoms with Gasteiger partial charge in [0.25, 0.3) is 0 Å². The van der Waals surface area contributed by atoms with Gasteiger partial charge in [-0.25, -0.2) is 18.6 Å². The van der Waals surface area contributed by atoms with Crippen LogP contribution in [0.1, 0.15) is 25.7 Å². The van der Waals surface area contributed by atoms with E-state index in [2.05, 4.69) is 208 Å². The Morgan fingerprint density at radius 3 is 0.558 bits per heavy atom. The molecular formula is C44H42As2ClO4Rh-. The summed E-state index contributed by atoms with van der Waals surface area (Å²) in [5, 5.41) is 0. The van der Waals surface area contributed by atoms with E-state index in [4.69, 9.17) is 18.6 Å². The predicted octanol–water partition coefficient (Wildman–Crippen LogP) is 2.02. The molecule has 7 rings (SSSR count). The van der Waals surface area contributed by atoms with E-state index in [0.29, 0.717) is 0 Å². The van der Waals surface area contributed by atoms with Crippen LogP contribution in [0.2, 0.25) is 0 Å². The summed E-state index contributed by atoms with van der Waals surface area (Å²) in [6, 6.07) is 65.4. The zero-order valence-corrected chi connectivity index (χ0v) is 34.8. The summed E-state index contributed by atoms with van der Waals surface area (Å²) >= 11 is -2.78. The van der Waals surface area contributed by atoms with Crippen molar-refractivity contribution < 1.29 is 48.4 Å². The van der Waals surface area contributed by atoms with Gasteiger partial charge in [0.1, 0.15) is 0 Å². The number of benzene rings is 6. The predicted molar refractivity (Wildman–Crippen MR) is 204 cm³/mol. The molecule has 0 N–H and O–H groups in total. The van der Waals surface area contributed by atoms with Gasteiger partial charge in [-0.15, -0.1) is 10.2 Å². The monoisotopic (exact) mass is 922 g/mol. The van der Waals surface area contributed by atoms with E-state index in [-0.39, 0.29) is 19.5 Å². The molecule has 0 heterocycles. The van der Waals surface area contributed by atoms with Crippen LogP contribution in [-0.4, -0.2) is 29.3 Å². The van der Waals surface area contributed by atoms with Gasteiger partial charge in [-0.3, -0.25) is 0 Å². The zero-order chi connectivity index (χ0) is 36.0. The van der Waals surface area contributed by atoms with Crippen LogP contribution in [0.15, 0.2) is 182 Å². The summed E-state index contributed by atoms with van der Waals surface area (Å²) < 4.78 is 42.8. The Hall–Kier alpha value is -2.81. The third-order valence-electron chi connectivity index (χ3n) is 7.42. The number of halogens is 1. The van der Waals surface area contributed by atoms with Gasteiger partial charge in [0.15, 0.2) is 0 Å². The van der Waals surface area contributed by atoms with E-state index in [1.807, 2.05) is 0 Å². The van der Waals surface area contributed by atoms with Crippen molar-refractivity contribution in [1.82, 2.24) is 0 Å². The van der Waals surface area contributed by atoms with Gasteiger partial charge in [0.05, 0.1) is 0 Å². The third kappa shape index (κ3) is 16.9. The maximum atomic E-state index is 8.49. The quantitative estimate of drug-likeness (QED) is 0.240. The summed E-state index contributed by atoms with van der Waals surface area (Å²) in [5.41, 5.74) is 0. The molecule has 5 radical (unpaired) electrons. The first kappa shape index (κ1) is 43.6. The molecule has 8 heteroatoms. The summed E-state index contributed by atoms with van der Waals surface area (Å²) in [6.45, 7) is 0. The number of hydrogen-bond acceptors (Lipinski definition) is 4. The second-order valence-electron chi connectivity index (χ2n) is 11.2. The molecule has 0 saturated heterocycles. The fourth-order valence-electron chi connectivity index (χ4n) is 5.21. The van der Waals surface area contributed by atoms with Crippen LogP contribution in [0.5, 0.6) is 0 Å². The van der Waals surface area contributed by atoms with Gasteiger partial charge in [-0.1, -0.05) is 0 Å². The van der Waals surface area contributed by atoms with Crippen molar-refractivity contribution in [1.29, 1.82) is 0 Å². The van der Waals surface area contributed by atoms with E-state index < -0.39 is 39.5 Å². The Kier molecular flexibility index (Phi) is 21.2. The van der Waals surface area contributed by atoms with Crippen molar-refractivity contribution in [2.75, 3.05) is 0 Å². The second-order valence-corrected chi connectivity index (χ2v) is 21.2. The molecule has 1 aliphatic rings. The number of hydrogen-bond donors (Lipinski definition) is 0. The summed E-state index contributed by atoms with van der Waals surface area (Å²) in [4.78, 5) is 0. The van der Waals surface area contributed by atoms with Crippen molar-refractivity contribution in [3.05, 3.63) is 208 Å². The van der Waals surface area contributed by atoms with Crippen molar-refractivity contribution >= 4 is 55.4 Å². The topological polar surface area (TPSA) is 92.2 Å². The van der Waals surface area contributed by atoms with Crippen LogP contribution in [-0.2, 0) is 19.5 Å². The fraction of sp³-hybridized carbons (Fsp3) is 0.0909. The van der Waals surface area contributed by atoms with Gasteiger partial charge < -0.3 is 0 Å². The van der Waals surface area contributed by atoms with Crippen molar-refractivity contribution in [3.63, 3.8) is 0 Å². The molecule has 1 fully saturated rings. The molecule has 6 aromatic rings. The summed E-state index contributed by atoms with van der Waals surface area (Å²) in [6.07, 6.45) is 14.0. The van der Waals surface area contributed by atoms with E-state index in [9.17, 15) is 0 Å². The standard InChI is InChI=1S/2C18H15As.C8H12.ClHO4.Rh/c2*1-4-10-16(11-5-1)19(17-12-6-2-7-13-17)18-14-8-3-9-15-18;1-2-4-6-8-7-5-3-1;2-1(3,4)5;/h2*1-15H;1-2,7-8H,3-6H2;(H,2,3,4,5);/p-1. The Labute approximate surface area is 334 Å². The van der Waals surface area contributed by atoms with Gasteiger partial charge in [-0.2, -0.15) is 0 Å². The van der Waals surface area contributed by atoms with Crippen molar-refractivity contribution in [2.24, 2.45) is 0 Å². The maximum absolute atomic E-state index is 8.49. The average Bonchev–Trinajstić information content (AvgIpc) is 3.14. The molecule has 0 spiro atoms. The molecule has 1 saturated carbocycles. The summed E-state index contributed by atoms with van der Waals surface area (Å²) in [7, 11) is -4.94. The molecule has 52 heavy (non-hydrogen) atoms. The zero-order valence-electron chi connectivity index (χ0n) is 28.7. The van der Waals surface area contributed by atoms with Gasteiger partial charge in [0, 0.05) is 19.5 Å². The van der Waals surface area contributed by atoms with Crippen molar-refractivity contribution in [3.8, 4) is 0 Å². The Bertz CT molecular complexity index is 1400. The van der Waals surface area contributed by atoms with E-state index in [1.165, 1.54) is 51.8 Å². The Balaban J connectivity index is 0.000000208. The van der Waals surface area contributed by atoms with Crippen LogP contribution >= 0.6 is 0 Å². The van der Waals surface area contributed by atoms with Gasteiger partial charge in [-0.05, 0) is 51.4 Å². The van der Waals surface area contributed by atoms with Gasteiger partial charge >= 0.3 is 237 Å². The Morgan fingerprint density at radius 1 is 0.288 bits per heavy atom. The molecule has 269 valence electrons. The SMILES string of the molecule is [CH]1[CH]CC[CH][CH]CC1.[O-][Cl+3]([O-])([O-])[O-].[Rh].c1ccc([As](c2ccccc2)c2ccccc2)cc1.c1ccc([As](c2ccccc2)c2ccccc2)cc1. The van der Waals surface area contributed by atoms with Crippen LogP contribution in [0.3, 0.4) is 0 Å². The van der Waals surface area contributed by atoms with Gasteiger partial charge in [0.2, 0.25) is 0 Å². The minimum absolute atomic E-state index is 0. The second kappa shape index (κ2) is 25.3. The van der Waals surface area contributed by atoms with Crippen LogP contribution in [0.4, 0.5) is 0 Å². The minimum atomic E-state index is -4.94. The average molecular weight is 923 g/mol. The Morgan fingerprint density at radius 2 is 0.423 bits per heavy atom. The fourth-order valence-corrected chi connectivity index (χ4v) is 14.9. The molecule has 0 amide bonds. The molecule has 0 unspecified atom stereocenters. The van der Waals surface area contributed by atoms with E-state index >= 15 is 0 Å². The molecule has 0 bridgehead atoms. The van der Waals surface area contributed by atoms with E-state index in [0.717, 1.165) is 0 Å². The molecule has 0 atom stereocenters. The number of rotatable bonds is 6. The van der Waals surface area contributed by atoms with Crippen LogP contribution < -0.4 is 44.7 Å². The molecule has 0 aromatic heterocycles. The van der Waals surface area contributed by atoms with Crippen molar-refractivity contribution in [2.45, 2.75) is 25.7 Å².